The van der Waals surface area contributed by atoms with Crippen LogP contribution in [0, 0.1) is 17.1 Å². The minimum absolute atomic E-state index is 0.200. The molecular weight excluding hydrogens is 339 g/mol. The third kappa shape index (κ3) is 2.66. The molecule has 0 aliphatic carbocycles. The monoisotopic (exact) mass is 344 g/mol. The Morgan fingerprint density at radius 1 is 1.24 bits per heavy atom. The van der Waals surface area contributed by atoms with E-state index in [0.29, 0.717) is 21.3 Å². The fraction of sp³-hybridized carbons (Fsp3) is 0. The Morgan fingerprint density at radius 3 is 2.81 bits per heavy atom. The predicted octanol–water partition coefficient (Wildman–Crippen LogP) is 3.57. The normalized spacial score (nSPS) is 10.3. The predicted molar refractivity (Wildman–Crippen MR) is 75.3 cm³/mol. The van der Waals surface area contributed by atoms with E-state index in [2.05, 4.69) is 31.1 Å². The van der Waals surface area contributed by atoms with Gasteiger partial charge >= 0.3 is 0 Å². The lowest BCUT2D eigenvalue weighted by Gasteiger charge is -1.98. The second-order valence-electron chi connectivity index (χ2n) is 4.09. The van der Waals surface area contributed by atoms with Crippen molar-refractivity contribution in [2.45, 2.75) is 0 Å². The van der Waals surface area contributed by atoms with Crippen molar-refractivity contribution in [3.8, 4) is 29.0 Å². The molecule has 0 aliphatic rings. The zero-order valence-electron chi connectivity index (χ0n) is 10.4. The van der Waals surface area contributed by atoms with E-state index in [0.717, 1.165) is 0 Å². The van der Waals surface area contributed by atoms with Crippen LogP contribution in [0.4, 0.5) is 4.39 Å². The van der Waals surface area contributed by atoms with E-state index < -0.39 is 5.82 Å². The van der Waals surface area contributed by atoms with E-state index in [1.807, 2.05) is 6.07 Å². The Morgan fingerprint density at radius 2 is 2.10 bits per heavy atom. The van der Waals surface area contributed by atoms with Gasteiger partial charge in [-0.25, -0.2) is 9.37 Å². The summed E-state index contributed by atoms with van der Waals surface area (Å²) < 4.78 is 19.1. The van der Waals surface area contributed by atoms with Crippen LogP contribution < -0.4 is 0 Å². The quantitative estimate of drug-likeness (QED) is 0.710. The van der Waals surface area contributed by atoms with Gasteiger partial charge in [-0.1, -0.05) is 21.1 Å². The number of hydrogen-bond acceptors (Lipinski definition) is 5. The second-order valence-corrected chi connectivity index (χ2v) is 4.95. The topological polar surface area (TPSA) is 75.6 Å². The van der Waals surface area contributed by atoms with Gasteiger partial charge in [0.25, 0.3) is 5.89 Å². The van der Waals surface area contributed by atoms with Gasteiger partial charge in [-0.05, 0) is 30.3 Å². The summed E-state index contributed by atoms with van der Waals surface area (Å²) in [7, 11) is 0. The van der Waals surface area contributed by atoms with Gasteiger partial charge in [0, 0.05) is 16.2 Å². The maximum atomic E-state index is 13.3. The standard InChI is InChI=1S/C14H6BrFN4O/c15-11-3-2-9(16)5-10(11)13-19-14(21-20-13)12-4-1-8(6-17)7-18-12/h1-5,7H. The Bertz CT molecular complexity index is 839. The highest BCUT2D eigenvalue weighted by molar-refractivity contribution is 9.10. The summed E-state index contributed by atoms with van der Waals surface area (Å²) in [5.74, 6) is 0.0595. The number of benzene rings is 1. The van der Waals surface area contributed by atoms with Crippen LogP contribution in [0.5, 0.6) is 0 Å². The highest BCUT2D eigenvalue weighted by atomic mass is 79.9. The number of aromatic nitrogens is 3. The van der Waals surface area contributed by atoms with Crippen LogP contribution in [0.1, 0.15) is 5.56 Å². The molecule has 0 N–H and O–H groups in total. The van der Waals surface area contributed by atoms with Crippen LogP contribution in [0.15, 0.2) is 45.5 Å². The van der Waals surface area contributed by atoms with Crippen molar-refractivity contribution in [1.29, 1.82) is 5.26 Å². The fourth-order valence-electron chi connectivity index (χ4n) is 1.69. The molecule has 2 heterocycles. The van der Waals surface area contributed by atoms with E-state index >= 15 is 0 Å². The van der Waals surface area contributed by atoms with Crippen LogP contribution in [0.2, 0.25) is 0 Å². The van der Waals surface area contributed by atoms with Crippen LogP contribution in [0.3, 0.4) is 0 Å². The third-order valence-electron chi connectivity index (χ3n) is 2.71. The van der Waals surface area contributed by atoms with Gasteiger partial charge in [-0.15, -0.1) is 0 Å². The Balaban J connectivity index is 1.99. The molecule has 0 atom stereocenters. The molecule has 3 rings (SSSR count). The molecule has 0 radical (unpaired) electrons. The highest BCUT2D eigenvalue weighted by Crippen LogP contribution is 2.28. The van der Waals surface area contributed by atoms with E-state index in [-0.39, 0.29) is 11.7 Å². The molecule has 0 spiro atoms. The molecule has 102 valence electrons. The molecule has 2 aromatic heterocycles. The maximum absolute atomic E-state index is 13.3. The zero-order valence-corrected chi connectivity index (χ0v) is 12.0. The average molecular weight is 345 g/mol. The molecule has 0 bridgehead atoms. The Labute approximate surface area is 127 Å². The SMILES string of the molecule is N#Cc1ccc(-c2nc(-c3cc(F)ccc3Br)no2)nc1. The highest BCUT2D eigenvalue weighted by Gasteiger charge is 2.14. The van der Waals surface area contributed by atoms with Crippen molar-refractivity contribution in [2.75, 3.05) is 0 Å². The number of halogens is 2. The lowest BCUT2D eigenvalue weighted by molar-refractivity contribution is 0.431. The van der Waals surface area contributed by atoms with Crippen molar-refractivity contribution in [3.63, 3.8) is 0 Å². The van der Waals surface area contributed by atoms with Gasteiger partial charge in [0.1, 0.15) is 17.6 Å². The summed E-state index contributed by atoms with van der Waals surface area (Å²) in [6.45, 7) is 0. The third-order valence-corrected chi connectivity index (χ3v) is 3.40. The van der Waals surface area contributed by atoms with Gasteiger partial charge in [0.05, 0.1) is 5.56 Å². The molecular formula is C14H6BrFN4O. The molecule has 3 aromatic rings. The van der Waals surface area contributed by atoms with E-state index in [1.54, 1.807) is 18.2 Å². The maximum Gasteiger partial charge on any atom is 0.276 e. The first-order valence-corrected chi connectivity index (χ1v) is 6.62. The van der Waals surface area contributed by atoms with Crippen molar-refractivity contribution in [2.24, 2.45) is 0 Å². The zero-order chi connectivity index (χ0) is 14.8. The number of pyridine rings is 1. The lowest BCUT2D eigenvalue weighted by Crippen LogP contribution is -1.87. The molecule has 0 unspecified atom stereocenters. The van der Waals surface area contributed by atoms with Gasteiger partial charge < -0.3 is 4.52 Å². The molecule has 0 saturated carbocycles. The van der Waals surface area contributed by atoms with Gasteiger partial charge in [0.2, 0.25) is 5.82 Å². The number of rotatable bonds is 2. The van der Waals surface area contributed by atoms with Crippen LogP contribution in [-0.2, 0) is 0 Å². The Hall–Kier alpha value is -2.59. The first-order chi connectivity index (χ1) is 10.2. The number of nitrogens with zero attached hydrogens (tertiary/aromatic N) is 4. The summed E-state index contributed by atoms with van der Waals surface area (Å²) >= 11 is 3.31. The Kier molecular flexibility index (Phi) is 3.46. The minimum atomic E-state index is -0.393. The lowest BCUT2D eigenvalue weighted by atomic mass is 10.2. The molecule has 0 amide bonds. The molecule has 1 aromatic carbocycles. The molecule has 21 heavy (non-hydrogen) atoms. The largest absolute Gasteiger partial charge is 0.332 e. The van der Waals surface area contributed by atoms with Crippen LogP contribution in [0.25, 0.3) is 23.0 Å². The number of hydrogen-bond donors (Lipinski definition) is 0. The summed E-state index contributed by atoms with van der Waals surface area (Å²) in [5, 5.41) is 12.5. The van der Waals surface area contributed by atoms with E-state index in [1.165, 1.54) is 18.3 Å². The molecule has 5 nitrogen and oxygen atoms in total. The van der Waals surface area contributed by atoms with Gasteiger partial charge in [-0.2, -0.15) is 10.2 Å². The van der Waals surface area contributed by atoms with Gasteiger partial charge in [-0.3, -0.25) is 0 Å². The summed E-state index contributed by atoms with van der Waals surface area (Å²) in [6, 6.07) is 9.39. The van der Waals surface area contributed by atoms with Crippen molar-refractivity contribution in [1.82, 2.24) is 15.1 Å². The average Bonchev–Trinajstić information content (AvgIpc) is 2.99. The summed E-state index contributed by atoms with van der Waals surface area (Å²) in [6.07, 6.45) is 1.41. The minimum Gasteiger partial charge on any atom is -0.332 e. The smallest absolute Gasteiger partial charge is 0.276 e. The summed E-state index contributed by atoms with van der Waals surface area (Å²) in [4.78, 5) is 8.25. The molecule has 0 aliphatic heterocycles. The van der Waals surface area contributed by atoms with Crippen molar-refractivity contribution >= 4 is 15.9 Å². The molecule has 0 saturated heterocycles. The molecule has 0 fully saturated rings. The first-order valence-electron chi connectivity index (χ1n) is 5.83. The first kappa shape index (κ1) is 13.4. The summed E-state index contributed by atoms with van der Waals surface area (Å²) in [5.41, 5.74) is 1.37. The fourth-order valence-corrected chi connectivity index (χ4v) is 2.12. The number of nitriles is 1. The van der Waals surface area contributed by atoms with Crippen LogP contribution in [-0.4, -0.2) is 15.1 Å². The van der Waals surface area contributed by atoms with Gasteiger partial charge in [0.15, 0.2) is 0 Å². The van der Waals surface area contributed by atoms with Crippen molar-refractivity contribution < 1.29 is 8.91 Å². The second kappa shape index (κ2) is 5.42. The van der Waals surface area contributed by atoms with Crippen molar-refractivity contribution in [3.05, 3.63) is 52.4 Å². The van der Waals surface area contributed by atoms with Crippen LogP contribution >= 0.6 is 15.9 Å². The van der Waals surface area contributed by atoms with E-state index in [4.69, 9.17) is 9.78 Å². The molecule has 7 heteroatoms. The van der Waals surface area contributed by atoms with E-state index in [9.17, 15) is 4.39 Å².